The van der Waals surface area contributed by atoms with Crippen LogP contribution in [0, 0.1) is 6.08 Å². The number of H-pyrrole nitrogens is 1. The molecule has 1 aliphatic rings. The fourth-order valence-corrected chi connectivity index (χ4v) is 0.893. The zero-order valence-electron chi connectivity index (χ0n) is 5.78. The Morgan fingerprint density at radius 1 is 1.45 bits per heavy atom. The number of rotatable bonds is 1. The Morgan fingerprint density at radius 3 is 3.09 bits per heavy atom. The average molecular weight is 144 g/mol. The van der Waals surface area contributed by atoms with Gasteiger partial charge in [0, 0.05) is 12.2 Å². The molecule has 3 heteroatoms. The van der Waals surface area contributed by atoms with Crippen LogP contribution in [0.15, 0.2) is 30.5 Å². The molecular formula is C8H6N3+. The minimum atomic E-state index is 0.849. The topological polar surface area (TPSA) is 41.6 Å². The van der Waals surface area contributed by atoms with Gasteiger partial charge in [0.05, 0.1) is 12.3 Å². The molecule has 1 aliphatic carbocycles. The van der Waals surface area contributed by atoms with Gasteiger partial charge in [0.1, 0.15) is 17.7 Å². The van der Waals surface area contributed by atoms with E-state index < -0.39 is 0 Å². The molecule has 0 saturated carbocycles. The van der Waals surface area contributed by atoms with Gasteiger partial charge in [-0.05, 0) is 0 Å². The molecule has 1 aromatic rings. The lowest BCUT2D eigenvalue weighted by atomic mass is 10.1. The van der Waals surface area contributed by atoms with Crippen molar-refractivity contribution in [3.8, 4) is 0 Å². The highest BCUT2D eigenvalue weighted by molar-refractivity contribution is 5.73. The van der Waals surface area contributed by atoms with E-state index in [1.807, 2.05) is 24.3 Å². The molecule has 0 aromatic carbocycles. The third-order valence-electron chi connectivity index (χ3n) is 1.42. The summed E-state index contributed by atoms with van der Waals surface area (Å²) < 4.78 is 0. The Morgan fingerprint density at radius 2 is 2.45 bits per heavy atom. The van der Waals surface area contributed by atoms with E-state index >= 15 is 0 Å². The monoisotopic (exact) mass is 144 g/mol. The van der Waals surface area contributed by atoms with E-state index in [4.69, 9.17) is 0 Å². The van der Waals surface area contributed by atoms with Crippen LogP contribution in [-0.4, -0.2) is 15.4 Å². The van der Waals surface area contributed by atoms with Crippen molar-refractivity contribution in [1.82, 2.24) is 15.4 Å². The van der Waals surface area contributed by atoms with E-state index in [0.717, 1.165) is 11.3 Å². The van der Waals surface area contributed by atoms with Crippen molar-refractivity contribution in [1.29, 1.82) is 0 Å². The molecule has 0 unspecified atom stereocenters. The maximum Gasteiger partial charge on any atom is 0.169 e. The molecule has 11 heavy (non-hydrogen) atoms. The average Bonchev–Trinajstić information content (AvgIpc) is 2.58. The lowest BCUT2D eigenvalue weighted by Gasteiger charge is -1.86. The first-order chi connectivity index (χ1) is 5.47. The van der Waals surface area contributed by atoms with E-state index in [-0.39, 0.29) is 0 Å². The van der Waals surface area contributed by atoms with E-state index in [0.29, 0.717) is 0 Å². The van der Waals surface area contributed by atoms with Gasteiger partial charge in [0.15, 0.2) is 5.69 Å². The summed E-state index contributed by atoms with van der Waals surface area (Å²) in [5.41, 5.74) is 1.88. The molecule has 2 rings (SSSR count). The molecule has 0 atom stereocenters. The van der Waals surface area contributed by atoms with Crippen molar-refractivity contribution in [3.05, 3.63) is 42.3 Å². The van der Waals surface area contributed by atoms with Gasteiger partial charge in [0.25, 0.3) is 0 Å². The second kappa shape index (κ2) is 2.48. The molecule has 0 fully saturated rings. The number of hydrogen-bond acceptors (Lipinski definition) is 2. The predicted molar refractivity (Wildman–Crippen MR) is 41.3 cm³/mol. The number of allylic oxidation sites excluding steroid dienone is 6. The number of aromatic nitrogens is 3. The van der Waals surface area contributed by atoms with Crippen LogP contribution in [0.3, 0.4) is 0 Å². The number of nitrogens with one attached hydrogen (secondary N) is 1. The maximum atomic E-state index is 3.93. The first-order valence-corrected chi connectivity index (χ1v) is 3.29. The van der Waals surface area contributed by atoms with Gasteiger partial charge in [0.2, 0.25) is 0 Å². The third-order valence-corrected chi connectivity index (χ3v) is 1.42. The Hall–Kier alpha value is -1.73. The van der Waals surface area contributed by atoms with Gasteiger partial charge in [-0.15, -0.1) is 5.10 Å². The van der Waals surface area contributed by atoms with Crippen LogP contribution in [0.5, 0.6) is 0 Å². The van der Waals surface area contributed by atoms with Crippen LogP contribution in [-0.2, 0) is 0 Å². The highest BCUT2D eigenvalue weighted by atomic mass is 15.3. The number of aromatic amines is 1. The molecule has 1 aromatic heterocycles. The van der Waals surface area contributed by atoms with E-state index in [9.17, 15) is 0 Å². The second-order valence-corrected chi connectivity index (χ2v) is 2.15. The molecule has 1 heterocycles. The van der Waals surface area contributed by atoms with E-state index in [2.05, 4.69) is 21.5 Å². The molecular weight excluding hydrogens is 138 g/mol. The van der Waals surface area contributed by atoms with Crippen LogP contribution in [0.4, 0.5) is 0 Å². The molecule has 0 amide bonds. The van der Waals surface area contributed by atoms with Crippen LogP contribution < -0.4 is 0 Å². The fourth-order valence-electron chi connectivity index (χ4n) is 0.893. The molecule has 52 valence electrons. The molecule has 0 radical (unpaired) electrons. The smallest absolute Gasteiger partial charge is 0.169 e. The fraction of sp³-hybridized carbons (Fsp3) is 0. The Bertz CT molecular complexity index is 317. The van der Waals surface area contributed by atoms with Crippen molar-refractivity contribution in [2.24, 2.45) is 0 Å². The van der Waals surface area contributed by atoms with Gasteiger partial charge in [-0.2, -0.15) is 10.3 Å². The van der Waals surface area contributed by atoms with Crippen LogP contribution in [0.1, 0.15) is 5.69 Å². The summed E-state index contributed by atoms with van der Waals surface area (Å²) >= 11 is 0. The lowest BCUT2D eigenvalue weighted by molar-refractivity contribution is 0.936. The highest BCUT2D eigenvalue weighted by Crippen LogP contribution is 2.13. The minimum Gasteiger partial charge on any atom is -0.196 e. The summed E-state index contributed by atoms with van der Waals surface area (Å²) in [7, 11) is 0. The molecule has 0 saturated heterocycles. The quantitative estimate of drug-likeness (QED) is 0.600. The summed E-state index contributed by atoms with van der Waals surface area (Å²) in [5, 5.41) is 10.2. The number of hydrogen-bond donors (Lipinski definition) is 1. The predicted octanol–water partition coefficient (Wildman–Crippen LogP) is 1.12. The van der Waals surface area contributed by atoms with Crippen LogP contribution >= 0.6 is 0 Å². The summed E-state index contributed by atoms with van der Waals surface area (Å²) in [6.07, 6.45) is 12.3. The van der Waals surface area contributed by atoms with Gasteiger partial charge in [-0.1, -0.05) is 0 Å². The largest absolute Gasteiger partial charge is 0.196 e. The summed E-state index contributed by atoms with van der Waals surface area (Å²) in [6, 6.07) is 0. The summed E-state index contributed by atoms with van der Waals surface area (Å²) in [5.74, 6) is 0. The normalized spacial score (nSPS) is 14.4. The lowest BCUT2D eigenvalue weighted by Crippen LogP contribution is -1.82. The summed E-state index contributed by atoms with van der Waals surface area (Å²) in [6.45, 7) is 0. The summed E-state index contributed by atoms with van der Waals surface area (Å²) in [4.78, 5) is 0. The Labute approximate surface area is 64.1 Å². The molecule has 3 nitrogen and oxygen atoms in total. The van der Waals surface area contributed by atoms with Gasteiger partial charge >= 0.3 is 0 Å². The zero-order valence-corrected chi connectivity index (χ0v) is 5.78. The van der Waals surface area contributed by atoms with E-state index in [1.165, 1.54) is 0 Å². The highest BCUT2D eigenvalue weighted by Gasteiger charge is 2.08. The SMILES string of the molecule is [C+]1=CC(c2cn[nH]n2)=CC=C1. The molecule has 0 spiro atoms. The van der Waals surface area contributed by atoms with Crippen molar-refractivity contribution >= 4 is 5.57 Å². The maximum absolute atomic E-state index is 3.93. The standard InChI is InChI=1S/C8H6N3/c1-2-4-7(5-3-1)8-6-9-11-10-8/h1-2,4-6H,(H,9,10,11)/q+1. The van der Waals surface area contributed by atoms with E-state index in [1.54, 1.807) is 6.20 Å². The molecule has 0 bridgehead atoms. The van der Waals surface area contributed by atoms with Crippen LogP contribution in [0.2, 0.25) is 0 Å². The molecule has 0 aliphatic heterocycles. The van der Waals surface area contributed by atoms with Gasteiger partial charge in [-0.25, -0.2) is 0 Å². The Balaban J connectivity index is 2.38. The van der Waals surface area contributed by atoms with Crippen molar-refractivity contribution < 1.29 is 0 Å². The Kier molecular flexibility index (Phi) is 1.36. The number of nitrogens with zero attached hydrogens (tertiary/aromatic N) is 2. The second-order valence-electron chi connectivity index (χ2n) is 2.15. The van der Waals surface area contributed by atoms with Crippen LogP contribution in [0.25, 0.3) is 5.57 Å². The van der Waals surface area contributed by atoms with Crippen molar-refractivity contribution in [3.63, 3.8) is 0 Å². The molecule has 1 N–H and O–H groups in total. The third kappa shape index (κ3) is 1.09. The van der Waals surface area contributed by atoms with Crippen molar-refractivity contribution in [2.75, 3.05) is 0 Å². The van der Waals surface area contributed by atoms with Gasteiger partial charge in [-0.3, -0.25) is 0 Å². The zero-order chi connectivity index (χ0) is 7.52. The minimum absolute atomic E-state index is 0.849. The van der Waals surface area contributed by atoms with Crippen molar-refractivity contribution in [2.45, 2.75) is 0 Å². The first-order valence-electron chi connectivity index (χ1n) is 3.29. The first kappa shape index (κ1) is 6.01. The van der Waals surface area contributed by atoms with Gasteiger partial charge < -0.3 is 0 Å².